The Morgan fingerprint density at radius 3 is 2.16 bits per heavy atom. The van der Waals surface area contributed by atoms with Crippen LogP contribution in [0.2, 0.25) is 0 Å². The van der Waals surface area contributed by atoms with Crippen LogP contribution in [0.1, 0.15) is 31.8 Å². The quantitative estimate of drug-likeness (QED) is 0.227. The maximum Gasteiger partial charge on any atom is 0.255 e. The van der Waals surface area contributed by atoms with Crippen LogP contribution in [0, 0.1) is 0 Å². The van der Waals surface area contributed by atoms with Crippen molar-refractivity contribution in [2.24, 2.45) is 0 Å². The molecule has 0 saturated carbocycles. The Hall–Kier alpha value is -4.23. The average Bonchev–Trinajstić information content (AvgIpc) is 2.97. The van der Waals surface area contributed by atoms with Gasteiger partial charge in [0.15, 0.2) is 11.5 Å². The fraction of sp³-hybridized carbons (Fsp3) is 0.161. The minimum Gasteiger partial charge on any atom is -0.493 e. The maximum absolute atomic E-state index is 12.9. The van der Waals surface area contributed by atoms with E-state index < -0.39 is 0 Å². The van der Waals surface area contributed by atoms with Gasteiger partial charge in [0.05, 0.1) is 25.5 Å². The van der Waals surface area contributed by atoms with Crippen molar-refractivity contribution < 1.29 is 19.1 Å². The summed E-state index contributed by atoms with van der Waals surface area (Å²) in [7, 11) is 3.18. The lowest BCUT2D eigenvalue weighted by Crippen LogP contribution is -2.27. The molecule has 0 atom stereocenters. The molecule has 2 N–H and O–H groups in total. The van der Waals surface area contributed by atoms with E-state index in [1.54, 1.807) is 50.2 Å². The summed E-state index contributed by atoms with van der Waals surface area (Å²) in [6, 6.07) is 30.4. The summed E-state index contributed by atoms with van der Waals surface area (Å²) < 4.78 is 10.6. The number of para-hydroxylation sites is 1. The van der Waals surface area contributed by atoms with Crippen LogP contribution in [-0.4, -0.2) is 32.6 Å². The second-order valence-corrected chi connectivity index (χ2v) is 9.54. The van der Waals surface area contributed by atoms with Crippen LogP contribution in [0.5, 0.6) is 11.5 Å². The molecule has 0 unspecified atom stereocenters. The first-order valence-corrected chi connectivity index (χ1v) is 13.2. The highest BCUT2D eigenvalue weighted by molar-refractivity contribution is 7.98. The molecule has 4 aromatic carbocycles. The molecule has 0 fully saturated rings. The molecule has 0 aromatic heterocycles. The second kappa shape index (κ2) is 13.4. The van der Waals surface area contributed by atoms with Gasteiger partial charge in [-0.15, -0.1) is 11.8 Å². The largest absolute Gasteiger partial charge is 0.493 e. The Kier molecular flexibility index (Phi) is 9.43. The van der Waals surface area contributed by atoms with Crippen LogP contribution in [0.25, 0.3) is 0 Å². The van der Waals surface area contributed by atoms with Gasteiger partial charge < -0.3 is 20.1 Å². The van der Waals surface area contributed by atoms with E-state index in [1.165, 1.54) is 4.90 Å². The van der Waals surface area contributed by atoms with Gasteiger partial charge in [0.2, 0.25) is 0 Å². The number of carbonyl (C=O) groups excluding carboxylic acids is 2. The van der Waals surface area contributed by atoms with Gasteiger partial charge in [-0.25, -0.2) is 0 Å². The highest BCUT2D eigenvalue weighted by Crippen LogP contribution is 2.27. The summed E-state index contributed by atoms with van der Waals surface area (Å²) in [5.41, 5.74) is 3.54. The van der Waals surface area contributed by atoms with Crippen molar-refractivity contribution in [1.82, 2.24) is 5.32 Å². The van der Waals surface area contributed by atoms with E-state index in [1.807, 2.05) is 60.7 Å². The van der Waals surface area contributed by atoms with E-state index in [2.05, 4.69) is 22.8 Å². The molecule has 0 aliphatic carbocycles. The summed E-state index contributed by atoms with van der Waals surface area (Å²) in [4.78, 5) is 27.0. The molecule has 6 nitrogen and oxygen atoms in total. The predicted molar refractivity (Wildman–Crippen MR) is 152 cm³/mol. The molecule has 2 amide bonds. The van der Waals surface area contributed by atoms with E-state index in [9.17, 15) is 9.59 Å². The van der Waals surface area contributed by atoms with Gasteiger partial charge in [-0.05, 0) is 66.1 Å². The van der Waals surface area contributed by atoms with Crippen LogP contribution in [0.15, 0.2) is 102 Å². The average molecular weight is 527 g/mol. The van der Waals surface area contributed by atoms with Crippen molar-refractivity contribution >= 4 is 29.3 Å². The van der Waals surface area contributed by atoms with Crippen molar-refractivity contribution in [3.8, 4) is 11.5 Å². The first-order valence-electron chi connectivity index (χ1n) is 12.2. The zero-order chi connectivity index (χ0) is 26.7. The number of amides is 2. The minimum atomic E-state index is -0.266. The van der Waals surface area contributed by atoms with Crippen LogP contribution >= 0.6 is 11.8 Å². The molecule has 194 valence electrons. The third kappa shape index (κ3) is 7.17. The number of methoxy groups -OCH3 is 2. The number of benzene rings is 4. The SMILES string of the molecule is COc1ccc(CCNC(=O)c2ccccc2NC(=O)c2ccc(CSc3ccccc3)cc2)cc1OC. The number of anilines is 1. The zero-order valence-electron chi connectivity index (χ0n) is 21.4. The standard InChI is InChI=1S/C31H30N2O4S/c1-36-28-17-14-22(20-29(28)37-2)18-19-32-31(35)26-10-6-7-11-27(26)33-30(34)24-15-12-23(13-16-24)21-38-25-8-4-3-5-9-25/h3-17,20H,18-19,21H2,1-2H3,(H,32,35)(H,33,34). The summed E-state index contributed by atoms with van der Waals surface area (Å²) >= 11 is 1.75. The highest BCUT2D eigenvalue weighted by Gasteiger charge is 2.14. The first kappa shape index (κ1) is 26.8. The molecule has 0 radical (unpaired) electrons. The molecular weight excluding hydrogens is 496 g/mol. The lowest BCUT2D eigenvalue weighted by molar-refractivity contribution is 0.0955. The van der Waals surface area contributed by atoms with Gasteiger partial charge >= 0.3 is 0 Å². The Labute approximate surface area is 227 Å². The van der Waals surface area contributed by atoms with Gasteiger partial charge in [-0.1, -0.05) is 48.5 Å². The zero-order valence-corrected chi connectivity index (χ0v) is 22.2. The van der Waals surface area contributed by atoms with E-state index in [4.69, 9.17) is 9.47 Å². The van der Waals surface area contributed by atoms with Gasteiger partial charge in [0.25, 0.3) is 11.8 Å². The number of ether oxygens (including phenoxy) is 2. The summed E-state index contributed by atoms with van der Waals surface area (Å²) in [5, 5.41) is 5.82. The molecule has 0 aliphatic heterocycles. The van der Waals surface area contributed by atoms with E-state index >= 15 is 0 Å². The van der Waals surface area contributed by atoms with Gasteiger partial charge in [-0.3, -0.25) is 9.59 Å². The predicted octanol–water partition coefficient (Wildman–Crippen LogP) is 6.22. The van der Waals surface area contributed by atoms with E-state index in [0.29, 0.717) is 41.3 Å². The number of nitrogens with one attached hydrogen (secondary N) is 2. The van der Waals surface area contributed by atoms with Crippen LogP contribution in [0.4, 0.5) is 5.69 Å². The topological polar surface area (TPSA) is 76.7 Å². The van der Waals surface area contributed by atoms with Crippen LogP contribution in [0.3, 0.4) is 0 Å². The Bertz CT molecular complexity index is 1370. The molecule has 7 heteroatoms. The summed E-state index contributed by atoms with van der Waals surface area (Å²) in [6.07, 6.45) is 0.621. The number of hydrogen-bond acceptors (Lipinski definition) is 5. The van der Waals surface area contributed by atoms with E-state index in [0.717, 1.165) is 16.9 Å². The molecule has 4 aromatic rings. The van der Waals surface area contributed by atoms with Crippen LogP contribution < -0.4 is 20.1 Å². The minimum absolute atomic E-state index is 0.255. The molecule has 0 spiro atoms. The fourth-order valence-electron chi connectivity index (χ4n) is 3.87. The lowest BCUT2D eigenvalue weighted by Gasteiger charge is -2.13. The third-order valence-corrected chi connectivity index (χ3v) is 7.02. The van der Waals surface area contributed by atoms with Gasteiger partial charge in [-0.2, -0.15) is 0 Å². The highest BCUT2D eigenvalue weighted by atomic mass is 32.2. The van der Waals surface area contributed by atoms with Crippen molar-refractivity contribution in [1.29, 1.82) is 0 Å². The molecular formula is C31H30N2O4S. The van der Waals surface area contributed by atoms with Crippen molar-refractivity contribution in [2.75, 3.05) is 26.1 Å². The molecule has 4 rings (SSSR count). The first-order chi connectivity index (χ1) is 18.6. The second-order valence-electron chi connectivity index (χ2n) is 8.49. The van der Waals surface area contributed by atoms with Gasteiger partial charge in [0, 0.05) is 22.8 Å². The smallest absolute Gasteiger partial charge is 0.255 e. The van der Waals surface area contributed by atoms with Crippen molar-refractivity contribution in [3.63, 3.8) is 0 Å². The Morgan fingerprint density at radius 2 is 1.42 bits per heavy atom. The van der Waals surface area contributed by atoms with Crippen molar-refractivity contribution in [2.45, 2.75) is 17.1 Å². The number of carbonyl (C=O) groups is 2. The Morgan fingerprint density at radius 1 is 0.737 bits per heavy atom. The molecule has 38 heavy (non-hydrogen) atoms. The van der Waals surface area contributed by atoms with E-state index in [-0.39, 0.29) is 11.8 Å². The fourth-order valence-corrected chi connectivity index (χ4v) is 4.75. The lowest BCUT2D eigenvalue weighted by atomic mass is 10.1. The molecule has 0 aliphatic rings. The van der Waals surface area contributed by atoms with Gasteiger partial charge in [0.1, 0.15) is 0 Å². The molecule has 0 bridgehead atoms. The maximum atomic E-state index is 12.9. The number of hydrogen-bond donors (Lipinski definition) is 2. The van der Waals surface area contributed by atoms with Crippen molar-refractivity contribution in [3.05, 3.63) is 119 Å². The molecule has 0 heterocycles. The third-order valence-electron chi connectivity index (χ3n) is 5.93. The summed E-state index contributed by atoms with van der Waals surface area (Å²) in [6.45, 7) is 0.430. The molecule has 0 saturated heterocycles. The summed E-state index contributed by atoms with van der Waals surface area (Å²) in [5.74, 6) is 1.60. The normalized spacial score (nSPS) is 10.5. The number of thioether (sulfide) groups is 1. The Balaban J connectivity index is 1.33. The van der Waals surface area contributed by atoms with Crippen LogP contribution in [-0.2, 0) is 12.2 Å². The number of rotatable bonds is 11. The monoisotopic (exact) mass is 526 g/mol.